The number of ether oxygens (including phenoxy) is 1. The van der Waals surface area contributed by atoms with E-state index in [4.69, 9.17) is 9.84 Å². The van der Waals surface area contributed by atoms with Crippen LogP contribution in [-0.4, -0.2) is 35.0 Å². The fourth-order valence-corrected chi connectivity index (χ4v) is 2.09. The average molecular weight is 306 g/mol. The molecule has 0 fully saturated rings. The SMILES string of the molecule is CC(C)(CCC(=O)O)NC(=O)c1ccc2c(c1)NC(=O)CO2. The molecule has 118 valence electrons. The van der Waals surface area contributed by atoms with E-state index in [9.17, 15) is 14.4 Å². The lowest BCUT2D eigenvalue weighted by molar-refractivity contribution is -0.137. The largest absolute Gasteiger partial charge is 0.482 e. The van der Waals surface area contributed by atoms with Crippen LogP contribution in [0.2, 0.25) is 0 Å². The monoisotopic (exact) mass is 306 g/mol. The number of carboxylic acid groups (broad SMARTS) is 1. The molecule has 0 atom stereocenters. The summed E-state index contributed by atoms with van der Waals surface area (Å²) in [5, 5.41) is 14.1. The van der Waals surface area contributed by atoms with E-state index in [1.54, 1.807) is 26.0 Å². The normalized spacial score (nSPS) is 13.6. The number of anilines is 1. The van der Waals surface area contributed by atoms with Gasteiger partial charge in [0.25, 0.3) is 11.8 Å². The maximum Gasteiger partial charge on any atom is 0.303 e. The minimum Gasteiger partial charge on any atom is -0.482 e. The summed E-state index contributed by atoms with van der Waals surface area (Å²) in [6.45, 7) is 3.48. The van der Waals surface area contributed by atoms with Crippen molar-refractivity contribution in [1.82, 2.24) is 5.32 Å². The first-order chi connectivity index (χ1) is 10.3. The van der Waals surface area contributed by atoms with Gasteiger partial charge in [-0.2, -0.15) is 0 Å². The van der Waals surface area contributed by atoms with E-state index in [-0.39, 0.29) is 24.8 Å². The number of hydrogen-bond acceptors (Lipinski definition) is 4. The van der Waals surface area contributed by atoms with Crippen molar-refractivity contribution in [3.63, 3.8) is 0 Å². The molecule has 0 bridgehead atoms. The van der Waals surface area contributed by atoms with Gasteiger partial charge in [0.2, 0.25) is 0 Å². The van der Waals surface area contributed by atoms with Gasteiger partial charge < -0.3 is 20.5 Å². The Labute approximate surface area is 127 Å². The Kier molecular flexibility index (Phi) is 4.35. The molecule has 0 spiro atoms. The fourth-order valence-electron chi connectivity index (χ4n) is 2.09. The lowest BCUT2D eigenvalue weighted by Gasteiger charge is -2.26. The van der Waals surface area contributed by atoms with E-state index >= 15 is 0 Å². The number of amides is 2. The second kappa shape index (κ2) is 6.05. The highest BCUT2D eigenvalue weighted by molar-refractivity contribution is 6.00. The van der Waals surface area contributed by atoms with Crippen molar-refractivity contribution in [3.8, 4) is 5.75 Å². The number of carboxylic acids is 1. The van der Waals surface area contributed by atoms with E-state index < -0.39 is 11.5 Å². The summed E-state index contributed by atoms with van der Waals surface area (Å²) < 4.78 is 5.23. The van der Waals surface area contributed by atoms with Gasteiger partial charge in [-0.15, -0.1) is 0 Å². The minimum atomic E-state index is -0.907. The van der Waals surface area contributed by atoms with Gasteiger partial charge in [-0.3, -0.25) is 14.4 Å². The number of rotatable bonds is 5. The zero-order chi connectivity index (χ0) is 16.3. The number of benzene rings is 1. The Bertz CT molecular complexity index is 624. The van der Waals surface area contributed by atoms with Gasteiger partial charge in [-0.1, -0.05) is 0 Å². The molecule has 1 aliphatic heterocycles. The molecule has 2 amide bonds. The molecule has 7 nitrogen and oxygen atoms in total. The van der Waals surface area contributed by atoms with Crippen molar-refractivity contribution >= 4 is 23.5 Å². The molecule has 1 heterocycles. The van der Waals surface area contributed by atoms with Crippen LogP contribution in [0.4, 0.5) is 5.69 Å². The van der Waals surface area contributed by atoms with Crippen molar-refractivity contribution in [2.45, 2.75) is 32.2 Å². The maximum absolute atomic E-state index is 12.3. The second-order valence-electron chi connectivity index (χ2n) is 5.78. The second-order valence-corrected chi connectivity index (χ2v) is 5.78. The highest BCUT2D eigenvalue weighted by Crippen LogP contribution is 2.28. The van der Waals surface area contributed by atoms with Crippen LogP contribution in [0.1, 0.15) is 37.0 Å². The number of carbonyl (C=O) groups excluding carboxylic acids is 2. The molecule has 0 unspecified atom stereocenters. The predicted octanol–water partition coefficient (Wildman–Crippen LogP) is 1.39. The molecule has 0 saturated carbocycles. The molecule has 0 saturated heterocycles. The quantitative estimate of drug-likeness (QED) is 0.762. The van der Waals surface area contributed by atoms with Crippen LogP contribution in [0, 0.1) is 0 Å². The number of carbonyl (C=O) groups is 3. The van der Waals surface area contributed by atoms with E-state index in [0.29, 0.717) is 23.4 Å². The smallest absolute Gasteiger partial charge is 0.303 e. The standard InChI is InChI=1S/C15H18N2O5/c1-15(2,6-5-13(19)20)17-14(21)9-3-4-11-10(7-9)16-12(18)8-22-11/h3-4,7H,5-6,8H2,1-2H3,(H,16,18)(H,17,21)(H,19,20). The van der Waals surface area contributed by atoms with Crippen molar-refractivity contribution in [3.05, 3.63) is 23.8 Å². The molecule has 1 aromatic rings. The first-order valence-electron chi connectivity index (χ1n) is 6.88. The van der Waals surface area contributed by atoms with Gasteiger partial charge in [-0.25, -0.2) is 0 Å². The van der Waals surface area contributed by atoms with Crippen molar-refractivity contribution in [2.24, 2.45) is 0 Å². The Morgan fingerprint density at radius 2 is 2.14 bits per heavy atom. The maximum atomic E-state index is 12.3. The molecule has 1 aromatic carbocycles. The third kappa shape index (κ3) is 3.97. The molecule has 1 aliphatic rings. The molecule has 0 aliphatic carbocycles. The third-order valence-electron chi connectivity index (χ3n) is 3.29. The molecular weight excluding hydrogens is 288 g/mol. The Morgan fingerprint density at radius 1 is 1.41 bits per heavy atom. The number of nitrogens with one attached hydrogen (secondary N) is 2. The Balaban J connectivity index is 2.08. The summed E-state index contributed by atoms with van der Waals surface area (Å²) in [6, 6.07) is 4.75. The molecular formula is C15H18N2O5. The lowest BCUT2D eigenvalue weighted by atomic mass is 9.97. The molecule has 0 aromatic heterocycles. The van der Waals surface area contributed by atoms with E-state index in [2.05, 4.69) is 10.6 Å². The zero-order valence-electron chi connectivity index (χ0n) is 12.4. The van der Waals surface area contributed by atoms with E-state index in [0.717, 1.165) is 0 Å². The van der Waals surface area contributed by atoms with Gasteiger partial charge in [0.15, 0.2) is 6.61 Å². The number of hydrogen-bond donors (Lipinski definition) is 3. The zero-order valence-corrected chi connectivity index (χ0v) is 12.4. The molecule has 2 rings (SSSR count). The lowest BCUT2D eigenvalue weighted by Crippen LogP contribution is -2.43. The number of aliphatic carboxylic acids is 1. The third-order valence-corrected chi connectivity index (χ3v) is 3.29. The van der Waals surface area contributed by atoms with Gasteiger partial charge in [-0.05, 0) is 38.5 Å². The first-order valence-corrected chi connectivity index (χ1v) is 6.88. The van der Waals surface area contributed by atoms with Crippen LogP contribution >= 0.6 is 0 Å². The molecule has 0 radical (unpaired) electrons. The Morgan fingerprint density at radius 3 is 2.82 bits per heavy atom. The van der Waals surface area contributed by atoms with Gasteiger partial charge in [0.1, 0.15) is 5.75 Å². The van der Waals surface area contributed by atoms with E-state index in [1.807, 2.05) is 0 Å². The van der Waals surface area contributed by atoms with Crippen LogP contribution in [-0.2, 0) is 9.59 Å². The topological polar surface area (TPSA) is 105 Å². The van der Waals surface area contributed by atoms with Crippen LogP contribution in [0.15, 0.2) is 18.2 Å². The summed E-state index contributed by atoms with van der Waals surface area (Å²) in [4.78, 5) is 34.2. The molecule has 3 N–H and O–H groups in total. The summed E-state index contributed by atoms with van der Waals surface area (Å²) in [7, 11) is 0. The summed E-state index contributed by atoms with van der Waals surface area (Å²) >= 11 is 0. The first kappa shape index (κ1) is 15.8. The Hall–Kier alpha value is -2.57. The highest BCUT2D eigenvalue weighted by atomic mass is 16.5. The van der Waals surface area contributed by atoms with Crippen LogP contribution in [0.3, 0.4) is 0 Å². The van der Waals surface area contributed by atoms with Crippen molar-refractivity contribution in [2.75, 3.05) is 11.9 Å². The number of fused-ring (bicyclic) bond motifs is 1. The van der Waals surface area contributed by atoms with Gasteiger partial charge in [0.05, 0.1) is 5.69 Å². The molecule has 7 heteroatoms. The fraction of sp³-hybridized carbons (Fsp3) is 0.400. The summed E-state index contributed by atoms with van der Waals surface area (Å²) in [5.41, 5.74) is 0.172. The van der Waals surface area contributed by atoms with Crippen LogP contribution in [0.5, 0.6) is 5.75 Å². The summed E-state index contributed by atoms with van der Waals surface area (Å²) in [5.74, 6) is -0.998. The van der Waals surface area contributed by atoms with Gasteiger partial charge >= 0.3 is 5.97 Å². The van der Waals surface area contributed by atoms with Crippen molar-refractivity contribution < 1.29 is 24.2 Å². The summed E-state index contributed by atoms with van der Waals surface area (Å²) in [6.07, 6.45) is 0.292. The van der Waals surface area contributed by atoms with Gasteiger partial charge in [0, 0.05) is 17.5 Å². The van der Waals surface area contributed by atoms with Crippen LogP contribution < -0.4 is 15.4 Å². The predicted molar refractivity (Wildman–Crippen MR) is 79.0 cm³/mol. The highest BCUT2D eigenvalue weighted by Gasteiger charge is 2.23. The van der Waals surface area contributed by atoms with E-state index in [1.165, 1.54) is 6.07 Å². The minimum absolute atomic E-state index is 0.0264. The molecule has 22 heavy (non-hydrogen) atoms. The average Bonchev–Trinajstić information content (AvgIpc) is 2.44. The van der Waals surface area contributed by atoms with Crippen molar-refractivity contribution in [1.29, 1.82) is 0 Å². The van der Waals surface area contributed by atoms with Crippen LogP contribution in [0.25, 0.3) is 0 Å².